The molecule has 0 unspecified atom stereocenters. The zero-order valence-corrected chi connectivity index (χ0v) is 7.52. The van der Waals surface area contributed by atoms with Crippen molar-refractivity contribution >= 4 is 11.0 Å². The van der Waals surface area contributed by atoms with Gasteiger partial charge in [0.25, 0.3) is 0 Å². The Morgan fingerprint density at radius 1 is 1.13 bits per heavy atom. The predicted octanol–water partition coefficient (Wildman–Crippen LogP) is 1.54. The molecule has 15 heavy (non-hydrogen) atoms. The maximum Gasteiger partial charge on any atom is 0.337 e. The molecule has 0 aliphatic carbocycles. The summed E-state index contributed by atoms with van der Waals surface area (Å²) in [6.45, 7) is 0. The van der Waals surface area contributed by atoms with Gasteiger partial charge >= 0.3 is 5.63 Å². The van der Waals surface area contributed by atoms with Gasteiger partial charge in [-0.05, 0) is 18.2 Å². The van der Waals surface area contributed by atoms with Crippen LogP contribution in [-0.4, -0.2) is 0 Å². The first-order valence-electron chi connectivity index (χ1n) is 4.12. The molecule has 70 valence electrons. The molecular weight excluding hydrogens is 192 g/mol. The molecule has 0 aliphatic heterocycles. The van der Waals surface area contributed by atoms with Crippen LogP contribution in [0.1, 0.15) is 11.1 Å². The van der Waals surface area contributed by atoms with Gasteiger partial charge in [0.2, 0.25) is 0 Å². The first-order valence-corrected chi connectivity index (χ1v) is 4.12. The van der Waals surface area contributed by atoms with E-state index in [2.05, 4.69) is 0 Å². The van der Waals surface area contributed by atoms with Crippen LogP contribution in [0, 0.1) is 22.7 Å². The summed E-state index contributed by atoms with van der Waals surface area (Å²) in [7, 11) is 0. The van der Waals surface area contributed by atoms with Gasteiger partial charge in [0.15, 0.2) is 0 Å². The first kappa shape index (κ1) is 8.98. The summed E-state index contributed by atoms with van der Waals surface area (Å²) in [5.41, 5.74) is 0.396. The van der Waals surface area contributed by atoms with Gasteiger partial charge in [0.05, 0.1) is 17.2 Å². The van der Waals surface area contributed by atoms with Gasteiger partial charge in [-0.25, -0.2) is 4.79 Å². The predicted molar refractivity (Wildman–Crippen MR) is 51.9 cm³/mol. The quantitative estimate of drug-likeness (QED) is 0.598. The summed E-state index contributed by atoms with van der Waals surface area (Å²) < 4.78 is 4.89. The van der Waals surface area contributed by atoms with E-state index in [0.29, 0.717) is 16.5 Å². The lowest BCUT2D eigenvalue weighted by atomic mass is 10.1. The highest BCUT2D eigenvalue weighted by molar-refractivity contribution is 5.83. The summed E-state index contributed by atoms with van der Waals surface area (Å²) in [5, 5.41) is 18.0. The van der Waals surface area contributed by atoms with Gasteiger partial charge in [0, 0.05) is 11.5 Å². The van der Waals surface area contributed by atoms with E-state index in [-0.39, 0.29) is 5.56 Å². The van der Waals surface area contributed by atoms with Crippen LogP contribution >= 0.6 is 0 Å². The lowest BCUT2D eigenvalue weighted by Crippen LogP contribution is -1.98. The lowest BCUT2D eigenvalue weighted by molar-refractivity contribution is 0.560. The normalized spacial score (nSPS) is 9.47. The topological polar surface area (TPSA) is 77.8 Å². The average Bonchev–Trinajstić information content (AvgIpc) is 2.27. The standard InChI is InChI=1S/C11H4N2O2/c12-5-7-1-2-10-9(3-7)8(6-13)4-11(14)15-10/h1-4H. The Morgan fingerprint density at radius 2 is 1.93 bits per heavy atom. The molecule has 0 saturated heterocycles. The third-order valence-corrected chi connectivity index (χ3v) is 1.99. The fourth-order valence-electron chi connectivity index (χ4n) is 1.32. The number of nitrogens with zero attached hydrogens (tertiary/aromatic N) is 2. The fraction of sp³-hybridized carbons (Fsp3) is 0. The van der Waals surface area contributed by atoms with E-state index in [0.717, 1.165) is 6.07 Å². The zero-order valence-electron chi connectivity index (χ0n) is 7.52. The van der Waals surface area contributed by atoms with E-state index in [1.165, 1.54) is 18.2 Å². The number of hydrogen-bond acceptors (Lipinski definition) is 4. The molecule has 0 bridgehead atoms. The molecule has 2 rings (SSSR count). The van der Waals surface area contributed by atoms with Crippen LogP contribution in [-0.2, 0) is 0 Å². The summed E-state index contributed by atoms with van der Waals surface area (Å²) in [4.78, 5) is 11.0. The molecular formula is C11H4N2O2. The molecule has 0 saturated carbocycles. The van der Waals surface area contributed by atoms with Crippen molar-refractivity contribution in [2.45, 2.75) is 0 Å². The monoisotopic (exact) mass is 196 g/mol. The molecule has 0 amide bonds. The zero-order chi connectivity index (χ0) is 10.8. The smallest absolute Gasteiger partial charge is 0.337 e. The maximum absolute atomic E-state index is 11.0. The van der Waals surface area contributed by atoms with E-state index in [9.17, 15) is 4.79 Å². The van der Waals surface area contributed by atoms with Gasteiger partial charge in [-0.1, -0.05) is 0 Å². The molecule has 2 aromatic rings. The van der Waals surface area contributed by atoms with Crippen LogP contribution in [0.3, 0.4) is 0 Å². The molecule has 1 aromatic carbocycles. The van der Waals surface area contributed by atoms with Crippen LogP contribution < -0.4 is 5.63 Å². The van der Waals surface area contributed by atoms with Gasteiger partial charge < -0.3 is 4.42 Å². The molecule has 1 aromatic heterocycles. The summed E-state index contributed by atoms with van der Waals surface area (Å²) in [6.07, 6.45) is 0. The highest BCUT2D eigenvalue weighted by atomic mass is 16.4. The van der Waals surface area contributed by atoms with Crippen LogP contribution in [0.25, 0.3) is 11.0 Å². The van der Waals surface area contributed by atoms with Crippen LogP contribution in [0.2, 0.25) is 0 Å². The van der Waals surface area contributed by atoms with Crippen LogP contribution in [0.15, 0.2) is 33.5 Å². The Labute approximate surface area is 84.6 Å². The fourth-order valence-corrected chi connectivity index (χ4v) is 1.32. The Balaban J connectivity index is 2.95. The molecule has 0 N–H and O–H groups in total. The van der Waals surface area contributed by atoms with Crippen molar-refractivity contribution < 1.29 is 4.42 Å². The molecule has 0 atom stereocenters. The second-order valence-electron chi connectivity index (χ2n) is 2.91. The number of nitriles is 2. The minimum absolute atomic E-state index is 0.221. The van der Waals surface area contributed by atoms with Crippen molar-refractivity contribution in [2.75, 3.05) is 0 Å². The first-order chi connectivity index (χ1) is 7.24. The highest BCUT2D eigenvalue weighted by Gasteiger charge is 2.05. The van der Waals surface area contributed by atoms with Crippen molar-refractivity contribution in [3.8, 4) is 12.1 Å². The SMILES string of the molecule is N#Cc1ccc2oc(=O)cc(C#N)c2c1. The Morgan fingerprint density at radius 3 is 2.60 bits per heavy atom. The number of rotatable bonds is 0. The van der Waals surface area contributed by atoms with Crippen molar-refractivity contribution in [3.63, 3.8) is 0 Å². The average molecular weight is 196 g/mol. The van der Waals surface area contributed by atoms with E-state index >= 15 is 0 Å². The second-order valence-corrected chi connectivity index (χ2v) is 2.91. The molecule has 0 spiro atoms. The maximum atomic E-state index is 11.0. The summed E-state index contributed by atoms with van der Waals surface area (Å²) in [6, 6.07) is 9.53. The molecule has 4 nitrogen and oxygen atoms in total. The minimum atomic E-state index is -0.566. The highest BCUT2D eigenvalue weighted by Crippen LogP contribution is 2.17. The second kappa shape index (κ2) is 3.28. The summed E-state index contributed by atoms with van der Waals surface area (Å²) in [5.74, 6) is 0. The third kappa shape index (κ3) is 1.45. The molecule has 0 aliphatic rings. The molecule has 4 heteroatoms. The molecule has 0 fully saturated rings. The Hall–Kier alpha value is -2.59. The van der Waals surface area contributed by atoms with E-state index in [4.69, 9.17) is 14.9 Å². The largest absolute Gasteiger partial charge is 0.423 e. The summed E-state index contributed by atoms with van der Waals surface area (Å²) >= 11 is 0. The van der Waals surface area contributed by atoms with Gasteiger partial charge in [-0.2, -0.15) is 10.5 Å². The number of fused-ring (bicyclic) bond motifs is 1. The Kier molecular flexibility index (Phi) is 1.97. The van der Waals surface area contributed by atoms with E-state index < -0.39 is 5.63 Å². The van der Waals surface area contributed by atoms with Crippen LogP contribution in [0.5, 0.6) is 0 Å². The minimum Gasteiger partial charge on any atom is -0.423 e. The van der Waals surface area contributed by atoms with Crippen molar-refractivity contribution in [3.05, 3.63) is 45.8 Å². The van der Waals surface area contributed by atoms with Crippen LogP contribution in [0.4, 0.5) is 0 Å². The lowest BCUT2D eigenvalue weighted by Gasteiger charge is -1.97. The molecule has 0 radical (unpaired) electrons. The third-order valence-electron chi connectivity index (χ3n) is 1.99. The molecule has 1 heterocycles. The van der Waals surface area contributed by atoms with Crippen molar-refractivity contribution in [1.82, 2.24) is 0 Å². The number of hydrogen-bond donors (Lipinski definition) is 0. The number of benzene rings is 1. The van der Waals surface area contributed by atoms with Crippen molar-refractivity contribution in [2.24, 2.45) is 0 Å². The van der Waals surface area contributed by atoms with Gasteiger partial charge in [-0.3, -0.25) is 0 Å². The van der Waals surface area contributed by atoms with E-state index in [1.54, 1.807) is 0 Å². The van der Waals surface area contributed by atoms with Crippen molar-refractivity contribution in [1.29, 1.82) is 10.5 Å². The van der Waals surface area contributed by atoms with Gasteiger partial charge in [-0.15, -0.1) is 0 Å². The van der Waals surface area contributed by atoms with E-state index in [1.807, 2.05) is 12.1 Å². The van der Waals surface area contributed by atoms with Gasteiger partial charge in [0.1, 0.15) is 11.7 Å². The Bertz CT molecular complexity index is 672.